The molecule has 0 saturated heterocycles. The molecule has 0 aliphatic rings. The van der Waals surface area contributed by atoms with Gasteiger partial charge in [-0.3, -0.25) is 0 Å². The molecule has 0 aliphatic carbocycles. The molecule has 0 aromatic heterocycles. The van der Waals surface area contributed by atoms with Gasteiger partial charge < -0.3 is 19.3 Å². The summed E-state index contributed by atoms with van der Waals surface area (Å²) in [6, 6.07) is 0. The van der Waals surface area contributed by atoms with E-state index in [-0.39, 0.29) is 19.8 Å². The van der Waals surface area contributed by atoms with Gasteiger partial charge in [0, 0.05) is 18.1 Å². The van der Waals surface area contributed by atoms with Crippen molar-refractivity contribution < 1.29 is 19.3 Å². The largest absolute Gasteiger partial charge is 0.376 e. The highest BCUT2D eigenvalue weighted by molar-refractivity contribution is 4.45. The predicted octanol–water partition coefficient (Wildman–Crippen LogP) is 1.03. The van der Waals surface area contributed by atoms with Gasteiger partial charge in [0.1, 0.15) is 0 Å². The molecular formula is C8H17N3O4. The zero-order valence-electron chi connectivity index (χ0n) is 9.00. The van der Waals surface area contributed by atoms with Crippen molar-refractivity contribution in [3.63, 3.8) is 0 Å². The van der Waals surface area contributed by atoms with Crippen LogP contribution in [0.2, 0.25) is 0 Å². The molecule has 0 bridgehead atoms. The van der Waals surface area contributed by atoms with Crippen molar-refractivity contribution in [3.8, 4) is 0 Å². The number of azide groups is 1. The van der Waals surface area contributed by atoms with Crippen LogP contribution in [-0.2, 0) is 14.2 Å². The molecule has 0 rings (SSSR count). The number of rotatable bonds is 9. The van der Waals surface area contributed by atoms with E-state index in [0.29, 0.717) is 6.61 Å². The van der Waals surface area contributed by atoms with Gasteiger partial charge in [0.05, 0.1) is 13.2 Å². The van der Waals surface area contributed by atoms with E-state index in [1.54, 1.807) is 6.92 Å². The van der Waals surface area contributed by atoms with Gasteiger partial charge in [-0.05, 0) is 19.4 Å². The Hall–Kier alpha value is -0.850. The first kappa shape index (κ1) is 14.2. The fraction of sp³-hybridized carbons (Fsp3) is 1.00. The summed E-state index contributed by atoms with van der Waals surface area (Å²) in [7, 11) is 0. The van der Waals surface area contributed by atoms with Crippen LogP contribution >= 0.6 is 0 Å². The van der Waals surface area contributed by atoms with Gasteiger partial charge in [-0.2, -0.15) is 0 Å². The van der Waals surface area contributed by atoms with Crippen LogP contribution in [0.3, 0.4) is 0 Å². The number of hydrogen-bond acceptors (Lipinski definition) is 5. The molecule has 7 nitrogen and oxygen atoms in total. The monoisotopic (exact) mass is 219 g/mol. The maximum absolute atomic E-state index is 9.24. The lowest BCUT2D eigenvalue weighted by Crippen LogP contribution is -2.26. The van der Waals surface area contributed by atoms with Gasteiger partial charge in [-0.25, -0.2) is 0 Å². The second-order valence-corrected chi connectivity index (χ2v) is 2.64. The molecular weight excluding hydrogens is 202 g/mol. The van der Waals surface area contributed by atoms with Gasteiger partial charge in [0.25, 0.3) is 0 Å². The van der Waals surface area contributed by atoms with Crippen molar-refractivity contribution in [1.82, 2.24) is 0 Å². The Kier molecular flexibility index (Phi) is 9.15. The molecule has 0 amide bonds. The molecule has 1 N–H and O–H groups in total. The first-order chi connectivity index (χ1) is 7.20. The Bertz CT molecular complexity index is 196. The maximum Gasteiger partial charge on any atom is 0.181 e. The van der Waals surface area contributed by atoms with Crippen molar-refractivity contribution in [3.05, 3.63) is 10.4 Å². The van der Waals surface area contributed by atoms with Crippen molar-refractivity contribution in [2.75, 3.05) is 26.4 Å². The van der Waals surface area contributed by atoms with Gasteiger partial charge >= 0.3 is 0 Å². The third-order valence-corrected chi connectivity index (χ3v) is 1.42. The van der Waals surface area contributed by atoms with E-state index in [2.05, 4.69) is 10.0 Å². The summed E-state index contributed by atoms with van der Waals surface area (Å²) < 4.78 is 15.0. The molecule has 88 valence electrons. The highest BCUT2D eigenvalue weighted by atomic mass is 16.7. The molecule has 2 unspecified atom stereocenters. The molecule has 0 fully saturated rings. The minimum atomic E-state index is -1.00. The summed E-state index contributed by atoms with van der Waals surface area (Å²) in [5.41, 5.74) is 7.99. The van der Waals surface area contributed by atoms with E-state index >= 15 is 0 Å². The van der Waals surface area contributed by atoms with Crippen LogP contribution in [0, 0.1) is 0 Å². The number of hydrogen-bond donors (Lipinski definition) is 1. The minimum Gasteiger partial charge on any atom is -0.376 e. The Balaban J connectivity index is 3.45. The molecule has 0 aromatic carbocycles. The Morgan fingerprint density at radius 3 is 2.87 bits per heavy atom. The summed E-state index contributed by atoms with van der Waals surface area (Å²) >= 11 is 0. The Morgan fingerprint density at radius 2 is 2.27 bits per heavy atom. The van der Waals surface area contributed by atoms with E-state index in [0.717, 1.165) is 0 Å². The standard InChI is InChI=1S/C8H17N3O4/c1-3-13-6-8(12)15-7(2)14-5-4-10-11-9/h7-8,12H,3-6H2,1-2H3. The normalized spacial score (nSPS) is 14.3. The highest BCUT2D eigenvalue weighted by Gasteiger charge is 2.09. The lowest BCUT2D eigenvalue weighted by atomic mass is 10.6. The molecule has 0 aliphatic heterocycles. The SMILES string of the molecule is CCOCC(O)OC(C)OCCN=[N+]=[N-]. The van der Waals surface area contributed by atoms with Crippen LogP contribution in [0.1, 0.15) is 13.8 Å². The van der Waals surface area contributed by atoms with Crippen molar-refractivity contribution in [2.45, 2.75) is 26.4 Å². The first-order valence-electron chi connectivity index (χ1n) is 4.74. The van der Waals surface area contributed by atoms with Crippen LogP contribution in [0.5, 0.6) is 0 Å². The number of aliphatic hydroxyl groups is 1. The minimum absolute atomic E-state index is 0.112. The molecule has 7 heteroatoms. The number of aliphatic hydroxyl groups excluding tert-OH is 1. The third-order valence-electron chi connectivity index (χ3n) is 1.42. The molecule has 0 aromatic rings. The summed E-state index contributed by atoms with van der Waals surface area (Å²) in [5, 5.41) is 12.5. The third kappa shape index (κ3) is 9.45. The fourth-order valence-corrected chi connectivity index (χ4v) is 0.823. The molecule has 0 heterocycles. The van der Waals surface area contributed by atoms with Crippen LogP contribution < -0.4 is 0 Å². The van der Waals surface area contributed by atoms with Gasteiger partial charge in [-0.15, -0.1) is 0 Å². The quantitative estimate of drug-likeness (QED) is 0.206. The second-order valence-electron chi connectivity index (χ2n) is 2.64. The molecule has 15 heavy (non-hydrogen) atoms. The topological polar surface area (TPSA) is 96.7 Å². The Labute approximate surface area is 88.6 Å². The average molecular weight is 219 g/mol. The van der Waals surface area contributed by atoms with E-state index < -0.39 is 12.6 Å². The zero-order chi connectivity index (χ0) is 11.5. The van der Waals surface area contributed by atoms with Crippen molar-refractivity contribution in [2.24, 2.45) is 5.11 Å². The van der Waals surface area contributed by atoms with Gasteiger partial charge in [0.2, 0.25) is 0 Å². The molecule has 2 atom stereocenters. The van der Waals surface area contributed by atoms with Crippen molar-refractivity contribution in [1.29, 1.82) is 0 Å². The van der Waals surface area contributed by atoms with Gasteiger partial charge in [0.15, 0.2) is 12.6 Å². The lowest BCUT2D eigenvalue weighted by molar-refractivity contribution is -0.233. The first-order valence-corrected chi connectivity index (χ1v) is 4.74. The maximum atomic E-state index is 9.24. The summed E-state index contributed by atoms with van der Waals surface area (Å²) in [5.74, 6) is 0. The van der Waals surface area contributed by atoms with E-state index in [4.69, 9.17) is 19.7 Å². The second kappa shape index (κ2) is 9.70. The fourth-order valence-electron chi connectivity index (χ4n) is 0.823. The van der Waals surface area contributed by atoms with Crippen molar-refractivity contribution >= 4 is 0 Å². The zero-order valence-corrected chi connectivity index (χ0v) is 9.00. The number of nitrogens with zero attached hydrogens (tertiary/aromatic N) is 3. The van der Waals surface area contributed by atoms with Crippen LogP contribution in [0.4, 0.5) is 0 Å². The number of ether oxygens (including phenoxy) is 3. The van der Waals surface area contributed by atoms with E-state index in [1.807, 2.05) is 6.92 Å². The van der Waals surface area contributed by atoms with Crippen LogP contribution in [0.25, 0.3) is 10.4 Å². The van der Waals surface area contributed by atoms with E-state index in [1.165, 1.54) is 0 Å². The molecule has 0 radical (unpaired) electrons. The summed E-state index contributed by atoms with van der Waals surface area (Å²) in [6.07, 6.45) is -1.56. The molecule has 0 spiro atoms. The van der Waals surface area contributed by atoms with Gasteiger partial charge in [-0.1, -0.05) is 5.11 Å². The molecule has 0 saturated carbocycles. The summed E-state index contributed by atoms with van der Waals surface area (Å²) in [6.45, 7) is 4.60. The van der Waals surface area contributed by atoms with E-state index in [9.17, 15) is 5.11 Å². The lowest BCUT2D eigenvalue weighted by Gasteiger charge is -2.17. The van der Waals surface area contributed by atoms with Crippen LogP contribution in [0.15, 0.2) is 5.11 Å². The highest BCUT2D eigenvalue weighted by Crippen LogP contribution is 1.98. The summed E-state index contributed by atoms with van der Waals surface area (Å²) in [4.78, 5) is 2.57. The average Bonchev–Trinajstić information content (AvgIpc) is 2.21. The smallest absolute Gasteiger partial charge is 0.181 e. The Morgan fingerprint density at radius 1 is 1.53 bits per heavy atom. The predicted molar refractivity (Wildman–Crippen MR) is 53.0 cm³/mol. The van der Waals surface area contributed by atoms with Crippen LogP contribution in [-0.4, -0.2) is 44.1 Å².